The first kappa shape index (κ1) is 16.3. The summed E-state index contributed by atoms with van der Waals surface area (Å²) < 4.78 is 5.33. The predicted octanol–water partition coefficient (Wildman–Crippen LogP) is 4.33. The van der Waals surface area contributed by atoms with Gasteiger partial charge in [-0.15, -0.1) is 0 Å². The van der Waals surface area contributed by atoms with Crippen LogP contribution in [0.2, 0.25) is 10.0 Å². The van der Waals surface area contributed by atoms with Gasteiger partial charge in [0.05, 0.1) is 12.1 Å². The van der Waals surface area contributed by atoms with Gasteiger partial charge in [-0.25, -0.2) is 0 Å². The van der Waals surface area contributed by atoms with E-state index in [1.807, 2.05) is 55.5 Å². The van der Waals surface area contributed by atoms with E-state index < -0.39 is 0 Å². The zero-order valence-corrected chi connectivity index (χ0v) is 14.4. The maximum absolute atomic E-state index is 12.6. The summed E-state index contributed by atoms with van der Waals surface area (Å²) in [5.74, 6) is -0.0209. The van der Waals surface area contributed by atoms with Crippen LogP contribution in [0.4, 0.5) is 0 Å². The molecule has 1 aliphatic rings. The molecule has 1 aliphatic heterocycles. The van der Waals surface area contributed by atoms with Crippen LogP contribution in [0.15, 0.2) is 48.5 Å². The Morgan fingerprint density at radius 2 is 1.39 bits per heavy atom. The zero-order chi connectivity index (χ0) is 16.6. The lowest BCUT2D eigenvalue weighted by molar-refractivity contribution is -0.132. The third kappa shape index (κ3) is 3.52. The molecule has 0 spiro atoms. The van der Waals surface area contributed by atoms with E-state index in [4.69, 9.17) is 27.9 Å². The Kier molecular flexibility index (Phi) is 4.62. The van der Waals surface area contributed by atoms with Crippen LogP contribution >= 0.6 is 23.2 Å². The van der Waals surface area contributed by atoms with Crippen molar-refractivity contribution >= 4 is 29.1 Å². The molecule has 3 rings (SSSR count). The van der Waals surface area contributed by atoms with Gasteiger partial charge < -0.3 is 9.64 Å². The fraction of sp³-hybridized carbons (Fsp3) is 0.278. The first-order chi connectivity index (χ1) is 11.0. The summed E-state index contributed by atoms with van der Waals surface area (Å²) in [6.45, 7) is 1.90. The fourth-order valence-electron chi connectivity index (χ4n) is 2.70. The smallest absolute Gasteiger partial charge is 0.254 e. The lowest BCUT2D eigenvalue weighted by atomic mass is 9.97. The normalized spacial score (nSPS) is 19.7. The van der Waals surface area contributed by atoms with E-state index in [9.17, 15) is 4.79 Å². The van der Waals surface area contributed by atoms with Gasteiger partial charge >= 0.3 is 0 Å². The molecule has 0 N–H and O–H groups in total. The Morgan fingerprint density at radius 3 is 1.74 bits per heavy atom. The van der Waals surface area contributed by atoms with E-state index in [1.165, 1.54) is 0 Å². The molecule has 2 aromatic carbocycles. The monoisotopic (exact) mass is 349 g/mol. The van der Waals surface area contributed by atoms with Crippen molar-refractivity contribution in [1.82, 2.24) is 4.90 Å². The summed E-state index contributed by atoms with van der Waals surface area (Å²) in [5, 5.41) is 1.33. The molecule has 3 nitrogen and oxygen atoms in total. The molecule has 1 heterocycles. The number of carbonyl (C=O) groups excluding carboxylic acids is 1. The van der Waals surface area contributed by atoms with Crippen molar-refractivity contribution in [3.05, 3.63) is 69.7 Å². The molecule has 0 radical (unpaired) electrons. The van der Waals surface area contributed by atoms with E-state index >= 15 is 0 Å². The minimum absolute atomic E-state index is 0.0129. The van der Waals surface area contributed by atoms with Crippen LogP contribution in [-0.4, -0.2) is 30.1 Å². The third-order valence-electron chi connectivity index (χ3n) is 4.06. The van der Waals surface area contributed by atoms with E-state index in [1.54, 1.807) is 11.9 Å². The van der Waals surface area contributed by atoms with Gasteiger partial charge in [0, 0.05) is 17.1 Å². The zero-order valence-electron chi connectivity index (χ0n) is 12.9. The molecule has 2 atom stereocenters. The second-order valence-electron chi connectivity index (χ2n) is 5.72. The van der Waals surface area contributed by atoms with Gasteiger partial charge in [0.1, 0.15) is 0 Å². The molecular formula is C18H17Cl2NO2. The molecule has 0 unspecified atom stereocenters. The topological polar surface area (TPSA) is 32.8 Å². The Hall–Kier alpha value is -1.55. The Morgan fingerprint density at radius 1 is 1.00 bits per heavy atom. The molecule has 0 aromatic heterocycles. The number of rotatable bonds is 4. The van der Waals surface area contributed by atoms with Crippen LogP contribution in [0, 0.1) is 0 Å². The van der Waals surface area contributed by atoms with Crippen LogP contribution in [0.1, 0.15) is 24.1 Å². The van der Waals surface area contributed by atoms with Gasteiger partial charge in [0.15, 0.2) is 6.10 Å². The Bertz CT molecular complexity index is 654. The second kappa shape index (κ2) is 6.52. The number of nitrogens with zero attached hydrogens (tertiary/aromatic N) is 1. The van der Waals surface area contributed by atoms with Gasteiger partial charge in [0.2, 0.25) is 0 Å². The Balaban J connectivity index is 1.97. The highest BCUT2D eigenvalue weighted by Gasteiger charge is 2.44. The minimum Gasteiger partial charge on any atom is -0.359 e. The van der Waals surface area contributed by atoms with Gasteiger partial charge in [0.25, 0.3) is 5.91 Å². The molecule has 2 aromatic rings. The van der Waals surface area contributed by atoms with E-state index in [-0.39, 0.29) is 24.2 Å². The number of amides is 1. The third-order valence-corrected chi connectivity index (χ3v) is 4.56. The molecule has 1 amide bonds. The van der Waals surface area contributed by atoms with Crippen molar-refractivity contribution in [2.45, 2.75) is 25.2 Å². The summed E-state index contributed by atoms with van der Waals surface area (Å²) in [7, 11) is 1.80. The number of ether oxygens (including phenoxy) is 1. The summed E-state index contributed by atoms with van der Waals surface area (Å²) in [6.07, 6.45) is -0.358. The quantitative estimate of drug-likeness (QED) is 0.769. The van der Waals surface area contributed by atoms with E-state index in [2.05, 4.69) is 0 Å². The molecule has 1 fully saturated rings. The van der Waals surface area contributed by atoms with Crippen molar-refractivity contribution < 1.29 is 9.53 Å². The highest BCUT2D eigenvalue weighted by molar-refractivity contribution is 6.30. The van der Waals surface area contributed by atoms with Crippen molar-refractivity contribution in [3.8, 4) is 0 Å². The lowest BCUT2D eigenvalue weighted by Crippen LogP contribution is -2.35. The van der Waals surface area contributed by atoms with Gasteiger partial charge in [-0.05, 0) is 42.3 Å². The summed E-state index contributed by atoms with van der Waals surface area (Å²) in [5.41, 5.74) is 1.97. The lowest BCUT2D eigenvalue weighted by Gasteiger charge is -2.29. The number of benzene rings is 2. The van der Waals surface area contributed by atoms with E-state index in [0.29, 0.717) is 10.0 Å². The maximum atomic E-state index is 12.6. The number of hydrogen-bond donors (Lipinski definition) is 0. The second-order valence-corrected chi connectivity index (χ2v) is 6.59. The predicted molar refractivity (Wildman–Crippen MR) is 91.9 cm³/mol. The van der Waals surface area contributed by atoms with Crippen molar-refractivity contribution in [1.29, 1.82) is 0 Å². The van der Waals surface area contributed by atoms with E-state index in [0.717, 1.165) is 11.1 Å². The van der Waals surface area contributed by atoms with Crippen LogP contribution in [0.3, 0.4) is 0 Å². The summed E-state index contributed by atoms with van der Waals surface area (Å²) >= 11 is 12.0. The largest absolute Gasteiger partial charge is 0.359 e. The SMILES string of the molecule is C[C@@H]1O[C@H]1C(=O)N(C)C(c1ccc(Cl)cc1)c1ccc(Cl)cc1. The van der Waals surface area contributed by atoms with Crippen molar-refractivity contribution in [2.75, 3.05) is 7.05 Å². The number of likely N-dealkylation sites (N-methyl/N-ethyl adjacent to an activating group) is 1. The highest BCUT2D eigenvalue weighted by Crippen LogP contribution is 2.33. The average Bonchev–Trinajstić information content (AvgIpc) is 3.27. The number of halogens is 2. The van der Waals surface area contributed by atoms with Gasteiger partial charge in [-0.2, -0.15) is 0 Å². The molecule has 5 heteroatoms. The first-order valence-corrected chi connectivity index (χ1v) is 8.16. The molecule has 1 saturated heterocycles. The van der Waals surface area contributed by atoms with Crippen LogP contribution in [0.25, 0.3) is 0 Å². The molecule has 0 bridgehead atoms. The molecule has 23 heavy (non-hydrogen) atoms. The Labute approximate surface area is 145 Å². The van der Waals surface area contributed by atoms with Gasteiger partial charge in [-0.3, -0.25) is 4.79 Å². The average molecular weight is 350 g/mol. The van der Waals surface area contributed by atoms with Gasteiger partial charge in [-0.1, -0.05) is 47.5 Å². The maximum Gasteiger partial charge on any atom is 0.254 e. The molecule has 0 saturated carbocycles. The van der Waals surface area contributed by atoms with Crippen LogP contribution < -0.4 is 0 Å². The number of epoxide rings is 1. The fourth-order valence-corrected chi connectivity index (χ4v) is 2.95. The summed E-state index contributed by atoms with van der Waals surface area (Å²) in [4.78, 5) is 14.3. The molecular weight excluding hydrogens is 333 g/mol. The summed E-state index contributed by atoms with van der Waals surface area (Å²) in [6, 6.07) is 14.8. The highest BCUT2D eigenvalue weighted by atomic mass is 35.5. The minimum atomic E-state index is -0.345. The molecule has 120 valence electrons. The van der Waals surface area contributed by atoms with Crippen molar-refractivity contribution in [2.24, 2.45) is 0 Å². The number of carbonyl (C=O) groups is 1. The van der Waals surface area contributed by atoms with Crippen LogP contribution in [-0.2, 0) is 9.53 Å². The molecule has 0 aliphatic carbocycles. The first-order valence-electron chi connectivity index (χ1n) is 7.40. The van der Waals surface area contributed by atoms with Crippen molar-refractivity contribution in [3.63, 3.8) is 0 Å². The number of hydrogen-bond acceptors (Lipinski definition) is 2. The van der Waals surface area contributed by atoms with Crippen LogP contribution in [0.5, 0.6) is 0 Å². The standard InChI is InChI=1S/C18H17Cl2NO2/c1-11-17(23-11)18(22)21(2)16(12-3-7-14(19)8-4-12)13-5-9-15(20)10-6-13/h3-11,16-17H,1-2H3/t11-,17+/m0/s1.